The normalized spacial score (nSPS) is 17.2. The predicted octanol–water partition coefficient (Wildman–Crippen LogP) is 3.13. The third-order valence-electron chi connectivity index (χ3n) is 3.57. The van der Waals surface area contributed by atoms with E-state index < -0.39 is 5.97 Å². The minimum absolute atomic E-state index is 0.0794. The van der Waals surface area contributed by atoms with Crippen molar-refractivity contribution in [3.8, 4) is 0 Å². The summed E-state index contributed by atoms with van der Waals surface area (Å²) in [6, 6.07) is 1.83. The van der Waals surface area contributed by atoms with E-state index in [1.54, 1.807) is 0 Å². The maximum absolute atomic E-state index is 11.2. The number of rotatable bonds is 2. The number of nitrogens with zero attached hydrogens (tertiary/aromatic N) is 1. The molecule has 0 radical (unpaired) electrons. The second kappa shape index (κ2) is 3.83. The number of hydrogen-bond acceptors (Lipinski definition) is 2. The van der Waals surface area contributed by atoms with Crippen LogP contribution in [0.15, 0.2) is 6.07 Å². The monoisotopic (exact) mass is 233 g/mol. The lowest BCUT2D eigenvalue weighted by molar-refractivity contribution is 0.0694. The highest BCUT2D eigenvalue weighted by Gasteiger charge is 2.33. The molecule has 0 aromatic carbocycles. The van der Waals surface area contributed by atoms with Crippen LogP contribution in [0.2, 0.25) is 0 Å². The number of carboxylic acids is 1. The zero-order chi connectivity index (χ0) is 12.8. The Hall–Kier alpha value is -1.38. The van der Waals surface area contributed by atoms with E-state index in [9.17, 15) is 9.90 Å². The first-order valence-corrected chi connectivity index (χ1v) is 6.10. The molecule has 1 N–H and O–H groups in total. The van der Waals surface area contributed by atoms with Gasteiger partial charge in [0, 0.05) is 11.1 Å². The number of pyridine rings is 1. The fourth-order valence-corrected chi connectivity index (χ4v) is 2.52. The smallest absolute Gasteiger partial charge is 0.337 e. The van der Waals surface area contributed by atoms with Gasteiger partial charge in [0.1, 0.15) is 0 Å². The Kier molecular flexibility index (Phi) is 2.72. The Morgan fingerprint density at radius 1 is 1.47 bits per heavy atom. The average molecular weight is 233 g/mol. The van der Waals surface area contributed by atoms with Crippen LogP contribution in [0.3, 0.4) is 0 Å². The number of carbonyl (C=O) groups is 1. The summed E-state index contributed by atoms with van der Waals surface area (Å²) in [5, 5.41) is 9.24. The molecule has 0 saturated carbocycles. The Morgan fingerprint density at radius 2 is 2.12 bits per heavy atom. The van der Waals surface area contributed by atoms with Crippen LogP contribution >= 0.6 is 0 Å². The van der Waals surface area contributed by atoms with Gasteiger partial charge in [-0.2, -0.15) is 0 Å². The van der Waals surface area contributed by atoms with Gasteiger partial charge >= 0.3 is 5.97 Å². The molecule has 2 rings (SSSR count). The third-order valence-corrected chi connectivity index (χ3v) is 3.57. The van der Waals surface area contributed by atoms with Crippen molar-refractivity contribution in [2.75, 3.05) is 0 Å². The quantitative estimate of drug-likeness (QED) is 0.853. The van der Waals surface area contributed by atoms with Crippen LogP contribution in [-0.4, -0.2) is 16.1 Å². The maximum Gasteiger partial charge on any atom is 0.337 e. The van der Waals surface area contributed by atoms with E-state index in [1.807, 2.05) is 19.9 Å². The maximum atomic E-state index is 11.2. The van der Waals surface area contributed by atoms with Crippen LogP contribution in [0.1, 0.15) is 67.3 Å². The topological polar surface area (TPSA) is 50.2 Å². The van der Waals surface area contributed by atoms with E-state index in [0.29, 0.717) is 11.3 Å². The van der Waals surface area contributed by atoms with Gasteiger partial charge in [-0.3, -0.25) is 4.98 Å². The van der Waals surface area contributed by atoms with E-state index >= 15 is 0 Å². The Balaban J connectivity index is 2.64. The second-order valence-corrected chi connectivity index (χ2v) is 5.77. The van der Waals surface area contributed by atoms with Gasteiger partial charge < -0.3 is 5.11 Å². The molecule has 17 heavy (non-hydrogen) atoms. The van der Waals surface area contributed by atoms with Gasteiger partial charge in [-0.05, 0) is 30.4 Å². The molecule has 1 heterocycles. The number of fused-ring (bicyclic) bond motifs is 1. The molecular weight excluding hydrogens is 214 g/mol. The number of aromatic carboxylic acids is 1. The molecule has 92 valence electrons. The summed E-state index contributed by atoms with van der Waals surface area (Å²) in [4.78, 5) is 15.9. The number of aromatic nitrogens is 1. The molecule has 0 saturated heterocycles. The van der Waals surface area contributed by atoms with Crippen molar-refractivity contribution in [1.82, 2.24) is 4.98 Å². The molecule has 3 nitrogen and oxygen atoms in total. The first kappa shape index (κ1) is 12.1. The molecule has 0 amide bonds. The van der Waals surface area contributed by atoms with Crippen molar-refractivity contribution in [2.45, 2.75) is 51.9 Å². The van der Waals surface area contributed by atoms with E-state index in [1.165, 1.54) is 0 Å². The Bertz CT molecular complexity index is 475. The molecule has 3 heteroatoms. The standard InChI is InChI=1S/C14H19NO2/c1-8(2)11-10(13(16)17)7-9-5-6-14(3,4)12(9)15-11/h7-8H,5-6H2,1-4H3,(H,16,17). The summed E-state index contributed by atoms with van der Waals surface area (Å²) >= 11 is 0. The van der Waals surface area contributed by atoms with Crippen LogP contribution in [0, 0.1) is 0 Å². The van der Waals surface area contributed by atoms with E-state index in [2.05, 4.69) is 18.8 Å². The van der Waals surface area contributed by atoms with Crippen molar-refractivity contribution in [3.05, 3.63) is 28.6 Å². The van der Waals surface area contributed by atoms with Crippen LogP contribution in [0.4, 0.5) is 0 Å². The molecule has 0 aliphatic heterocycles. The molecule has 0 spiro atoms. The van der Waals surface area contributed by atoms with Crippen molar-refractivity contribution in [2.24, 2.45) is 0 Å². The summed E-state index contributed by atoms with van der Waals surface area (Å²) < 4.78 is 0. The molecule has 0 fully saturated rings. The molecule has 1 aromatic rings. The van der Waals surface area contributed by atoms with Crippen molar-refractivity contribution in [1.29, 1.82) is 0 Å². The summed E-state index contributed by atoms with van der Waals surface area (Å²) in [6.45, 7) is 8.33. The lowest BCUT2D eigenvalue weighted by Gasteiger charge is -2.20. The van der Waals surface area contributed by atoms with Crippen LogP contribution < -0.4 is 0 Å². The van der Waals surface area contributed by atoms with Crippen molar-refractivity contribution >= 4 is 5.97 Å². The first-order chi connectivity index (χ1) is 7.83. The number of carboxylic acid groups (broad SMARTS) is 1. The lowest BCUT2D eigenvalue weighted by Crippen LogP contribution is -2.17. The first-order valence-electron chi connectivity index (χ1n) is 6.10. The molecule has 0 unspecified atom stereocenters. The van der Waals surface area contributed by atoms with E-state index in [-0.39, 0.29) is 11.3 Å². The van der Waals surface area contributed by atoms with Crippen molar-refractivity contribution < 1.29 is 9.90 Å². The average Bonchev–Trinajstić information content (AvgIpc) is 2.53. The minimum Gasteiger partial charge on any atom is -0.478 e. The Morgan fingerprint density at radius 3 is 2.65 bits per heavy atom. The fourth-order valence-electron chi connectivity index (χ4n) is 2.52. The molecule has 1 aromatic heterocycles. The van der Waals surface area contributed by atoms with Crippen LogP contribution in [0.5, 0.6) is 0 Å². The van der Waals surface area contributed by atoms with Crippen molar-refractivity contribution in [3.63, 3.8) is 0 Å². The largest absolute Gasteiger partial charge is 0.478 e. The van der Waals surface area contributed by atoms with Gasteiger partial charge in [0.2, 0.25) is 0 Å². The zero-order valence-corrected chi connectivity index (χ0v) is 10.9. The zero-order valence-electron chi connectivity index (χ0n) is 10.9. The highest BCUT2D eigenvalue weighted by molar-refractivity contribution is 5.89. The van der Waals surface area contributed by atoms with Gasteiger partial charge in [-0.1, -0.05) is 27.7 Å². The minimum atomic E-state index is -0.867. The summed E-state index contributed by atoms with van der Waals surface area (Å²) in [6.07, 6.45) is 1.99. The predicted molar refractivity (Wildman–Crippen MR) is 66.6 cm³/mol. The SMILES string of the molecule is CC(C)c1nc2c(cc1C(=O)O)CCC2(C)C. The van der Waals surface area contributed by atoms with Crippen LogP contribution in [0.25, 0.3) is 0 Å². The van der Waals surface area contributed by atoms with Gasteiger partial charge in [0.15, 0.2) is 0 Å². The number of hydrogen-bond donors (Lipinski definition) is 1. The molecule has 1 aliphatic carbocycles. The summed E-state index contributed by atoms with van der Waals surface area (Å²) in [7, 11) is 0. The summed E-state index contributed by atoms with van der Waals surface area (Å²) in [5.74, 6) is -0.725. The lowest BCUT2D eigenvalue weighted by atomic mass is 9.89. The van der Waals surface area contributed by atoms with Gasteiger partial charge in [0.05, 0.1) is 11.3 Å². The van der Waals surface area contributed by atoms with E-state index in [4.69, 9.17) is 0 Å². The summed E-state index contributed by atoms with van der Waals surface area (Å²) in [5.41, 5.74) is 3.36. The fraction of sp³-hybridized carbons (Fsp3) is 0.571. The Labute approximate surface area is 102 Å². The van der Waals surface area contributed by atoms with Gasteiger partial charge in [-0.25, -0.2) is 4.79 Å². The molecule has 1 aliphatic rings. The van der Waals surface area contributed by atoms with E-state index in [0.717, 1.165) is 24.1 Å². The molecule has 0 bridgehead atoms. The van der Waals surface area contributed by atoms with Crippen LogP contribution in [-0.2, 0) is 11.8 Å². The van der Waals surface area contributed by atoms with Gasteiger partial charge in [-0.15, -0.1) is 0 Å². The second-order valence-electron chi connectivity index (χ2n) is 5.77. The highest BCUT2D eigenvalue weighted by atomic mass is 16.4. The third kappa shape index (κ3) is 1.94. The molecule has 0 atom stereocenters. The molecular formula is C14H19NO2. The highest BCUT2D eigenvalue weighted by Crippen LogP contribution is 2.38. The van der Waals surface area contributed by atoms with Gasteiger partial charge in [0.25, 0.3) is 0 Å². The number of aryl methyl sites for hydroxylation is 1.